The van der Waals surface area contributed by atoms with Crippen molar-refractivity contribution in [2.75, 3.05) is 5.32 Å². The number of carbonyl (C=O) groups is 1. The fourth-order valence-electron chi connectivity index (χ4n) is 2.34. The number of rotatable bonds is 4. The molecule has 0 atom stereocenters. The van der Waals surface area contributed by atoms with Crippen molar-refractivity contribution >= 4 is 28.9 Å². The Bertz CT molecular complexity index is 737. The van der Waals surface area contributed by atoms with Crippen LogP contribution in [0, 0.1) is 13.8 Å². The maximum Gasteiger partial charge on any atom is 0.261 e. The molecule has 0 aliphatic rings. The summed E-state index contributed by atoms with van der Waals surface area (Å²) in [7, 11) is 0. The van der Waals surface area contributed by atoms with Gasteiger partial charge in [0.25, 0.3) is 5.91 Å². The lowest BCUT2D eigenvalue weighted by Gasteiger charge is -2.16. The van der Waals surface area contributed by atoms with E-state index in [-0.39, 0.29) is 17.1 Å². The van der Waals surface area contributed by atoms with Crippen molar-refractivity contribution in [3.8, 4) is 5.75 Å². The van der Waals surface area contributed by atoms with Gasteiger partial charge in [-0.25, -0.2) is 0 Å². The van der Waals surface area contributed by atoms with Gasteiger partial charge in [-0.2, -0.15) is 0 Å². The number of nitrogens with one attached hydrogen (secondary N) is 2. The molecule has 0 heterocycles. The third kappa shape index (κ3) is 4.55. The van der Waals surface area contributed by atoms with Crippen LogP contribution in [0.5, 0.6) is 5.75 Å². The highest BCUT2D eigenvalue weighted by Gasteiger charge is 2.15. The van der Waals surface area contributed by atoms with E-state index in [1.165, 1.54) is 0 Å². The summed E-state index contributed by atoms with van der Waals surface area (Å²) in [5.41, 5.74) is 3.50. The van der Waals surface area contributed by atoms with Crippen molar-refractivity contribution in [2.24, 2.45) is 0 Å². The molecule has 126 valence electrons. The van der Waals surface area contributed by atoms with Gasteiger partial charge in [0.2, 0.25) is 0 Å². The molecule has 2 aromatic carbocycles. The van der Waals surface area contributed by atoms with Crippen LogP contribution in [0.15, 0.2) is 42.5 Å². The predicted molar refractivity (Wildman–Crippen MR) is 102 cm³/mol. The average Bonchev–Trinajstić information content (AvgIpc) is 2.51. The molecule has 0 spiro atoms. The van der Waals surface area contributed by atoms with Crippen LogP contribution in [0.3, 0.4) is 0 Å². The second-order valence-corrected chi connectivity index (χ2v) is 6.25. The summed E-state index contributed by atoms with van der Waals surface area (Å²) in [4.78, 5) is 12.5. The first kappa shape index (κ1) is 17.9. The molecule has 0 unspecified atom stereocenters. The van der Waals surface area contributed by atoms with E-state index in [0.717, 1.165) is 16.8 Å². The van der Waals surface area contributed by atoms with Gasteiger partial charge >= 0.3 is 0 Å². The van der Waals surface area contributed by atoms with Crippen LogP contribution in [0.25, 0.3) is 0 Å². The third-order valence-corrected chi connectivity index (χ3v) is 3.65. The Balaban J connectivity index is 2.11. The molecule has 4 nitrogen and oxygen atoms in total. The fourth-order valence-corrected chi connectivity index (χ4v) is 2.53. The van der Waals surface area contributed by atoms with Crippen LogP contribution < -0.4 is 15.4 Å². The Hall–Kier alpha value is -2.40. The summed E-state index contributed by atoms with van der Waals surface area (Å²) >= 11 is 5.28. The SMILES string of the molecule is Cc1cccc(C)c1NC(=S)NC(=O)c1ccccc1OC(C)C. The van der Waals surface area contributed by atoms with Gasteiger partial charge in [-0.05, 0) is 63.2 Å². The number of aryl methyl sites for hydroxylation is 2. The Morgan fingerprint density at radius 3 is 2.29 bits per heavy atom. The molecule has 0 radical (unpaired) electrons. The van der Waals surface area contributed by atoms with Crippen LogP contribution in [-0.2, 0) is 0 Å². The van der Waals surface area contributed by atoms with Gasteiger partial charge in [-0.1, -0.05) is 30.3 Å². The molecule has 2 aromatic rings. The van der Waals surface area contributed by atoms with E-state index in [2.05, 4.69) is 10.6 Å². The van der Waals surface area contributed by atoms with Crippen molar-refractivity contribution in [2.45, 2.75) is 33.8 Å². The number of benzene rings is 2. The first-order chi connectivity index (χ1) is 11.4. The van der Waals surface area contributed by atoms with E-state index in [1.807, 2.05) is 52.0 Å². The Morgan fingerprint density at radius 2 is 1.67 bits per heavy atom. The Morgan fingerprint density at radius 1 is 1.04 bits per heavy atom. The summed E-state index contributed by atoms with van der Waals surface area (Å²) in [6.45, 7) is 7.82. The molecule has 0 aromatic heterocycles. The fraction of sp³-hybridized carbons (Fsp3) is 0.263. The monoisotopic (exact) mass is 342 g/mol. The smallest absolute Gasteiger partial charge is 0.261 e. The second-order valence-electron chi connectivity index (χ2n) is 5.84. The normalized spacial score (nSPS) is 10.4. The number of amides is 1. The van der Waals surface area contributed by atoms with Crippen LogP contribution in [0.4, 0.5) is 5.69 Å². The minimum Gasteiger partial charge on any atom is -0.490 e. The van der Waals surface area contributed by atoms with E-state index in [4.69, 9.17) is 17.0 Å². The minimum atomic E-state index is -0.296. The van der Waals surface area contributed by atoms with Crippen molar-refractivity contribution in [1.82, 2.24) is 5.32 Å². The molecule has 0 saturated heterocycles. The number of anilines is 1. The van der Waals surface area contributed by atoms with Crippen LogP contribution >= 0.6 is 12.2 Å². The third-order valence-electron chi connectivity index (χ3n) is 3.44. The van der Waals surface area contributed by atoms with E-state index < -0.39 is 0 Å². The van der Waals surface area contributed by atoms with E-state index in [9.17, 15) is 4.79 Å². The molecule has 2 rings (SSSR count). The van der Waals surface area contributed by atoms with Crippen molar-refractivity contribution < 1.29 is 9.53 Å². The minimum absolute atomic E-state index is 0.0151. The summed E-state index contributed by atoms with van der Waals surface area (Å²) < 4.78 is 5.68. The zero-order valence-corrected chi connectivity index (χ0v) is 15.2. The molecule has 0 aliphatic carbocycles. The van der Waals surface area contributed by atoms with Gasteiger partial charge < -0.3 is 10.1 Å². The van der Waals surface area contributed by atoms with Gasteiger partial charge in [-0.15, -0.1) is 0 Å². The van der Waals surface area contributed by atoms with Crippen molar-refractivity contribution in [3.63, 3.8) is 0 Å². The number of carbonyl (C=O) groups excluding carboxylic acids is 1. The highest BCUT2D eigenvalue weighted by molar-refractivity contribution is 7.80. The molecule has 5 heteroatoms. The molecular formula is C19H22N2O2S. The van der Waals surface area contributed by atoms with E-state index >= 15 is 0 Å². The summed E-state index contributed by atoms with van der Waals surface area (Å²) in [6, 6.07) is 13.1. The quantitative estimate of drug-likeness (QED) is 0.817. The molecule has 0 bridgehead atoms. The first-order valence-corrected chi connectivity index (χ1v) is 8.23. The molecule has 0 aliphatic heterocycles. The maximum absolute atomic E-state index is 12.5. The highest BCUT2D eigenvalue weighted by Crippen LogP contribution is 2.21. The zero-order valence-electron chi connectivity index (χ0n) is 14.3. The lowest BCUT2D eigenvalue weighted by Crippen LogP contribution is -2.34. The van der Waals surface area contributed by atoms with Gasteiger partial charge in [-0.3, -0.25) is 10.1 Å². The topological polar surface area (TPSA) is 50.4 Å². The number of ether oxygens (including phenoxy) is 1. The molecule has 1 amide bonds. The number of para-hydroxylation sites is 2. The van der Waals surface area contributed by atoms with Crippen LogP contribution in [-0.4, -0.2) is 17.1 Å². The molecule has 24 heavy (non-hydrogen) atoms. The van der Waals surface area contributed by atoms with Gasteiger partial charge in [0.1, 0.15) is 5.75 Å². The summed E-state index contributed by atoms with van der Waals surface area (Å²) in [5.74, 6) is 0.245. The first-order valence-electron chi connectivity index (χ1n) is 7.82. The highest BCUT2D eigenvalue weighted by atomic mass is 32.1. The average molecular weight is 342 g/mol. The molecular weight excluding hydrogens is 320 g/mol. The van der Waals surface area contributed by atoms with Gasteiger partial charge in [0, 0.05) is 5.69 Å². The largest absolute Gasteiger partial charge is 0.490 e. The van der Waals surface area contributed by atoms with E-state index in [1.54, 1.807) is 18.2 Å². The van der Waals surface area contributed by atoms with Crippen molar-refractivity contribution in [1.29, 1.82) is 0 Å². The van der Waals surface area contributed by atoms with Gasteiger partial charge in [0.15, 0.2) is 5.11 Å². The van der Waals surface area contributed by atoms with E-state index in [0.29, 0.717) is 11.3 Å². The summed E-state index contributed by atoms with van der Waals surface area (Å²) in [6.07, 6.45) is -0.0151. The Kier molecular flexibility index (Phi) is 5.93. The lowest BCUT2D eigenvalue weighted by atomic mass is 10.1. The molecule has 0 fully saturated rings. The number of hydrogen-bond donors (Lipinski definition) is 2. The number of hydrogen-bond acceptors (Lipinski definition) is 3. The Labute approximate surface area is 148 Å². The maximum atomic E-state index is 12.5. The lowest BCUT2D eigenvalue weighted by molar-refractivity contribution is 0.0972. The molecule has 0 saturated carbocycles. The second kappa shape index (κ2) is 7.93. The van der Waals surface area contributed by atoms with Crippen molar-refractivity contribution in [3.05, 3.63) is 59.2 Å². The van der Waals surface area contributed by atoms with Crippen LogP contribution in [0.2, 0.25) is 0 Å². The predicted octanol–water partition coefficient (Wildman–Crippen LogP) is 4.22. The standard InChI is InChI=1S/C19H22N2O2S/c1-12(2)23-16-11-6-5-10-15(16)18(22)21-19(24)20-17-13(3)8-7-9-14(17)4/h5-12H,1-4H3,(H2,20,21,22,24). The van der Waals surface area contributed by atoms with Crippen LogP contribution in [0.1, 0.15) is 35.3 Å². The summed E-state index contributed by atoms with van der Waals surface area (Å²) in [5, 5.41) is 6.07. The molecule has 2 N–H and O–H groups in total. The zero-order chi connectivity index (χ0) is 17.7. The number of thiocarbonyl (C=S) groups is 1. The van der Waals surface area contributed by atoms with Gasteiger partial charge in [0.05, 0.1) is 11.7 Å².